The monoisotopic (exact) mass is 465 g/mol. The minimum atomic E-state index is -2.73. The summed E-state index contributed by atoms with van der Waals surface area (Å²) in [6.07, 6.45) is 4.32. The Balaban J connectivity index is 1.22. The third kappa shape index (κ3) is 3.94. The lowest BCUT2D eigenvalue weighted by Crippen LogP contribution is -2.49. The van der Waals surface area contributed by atoms with E-state index in [9.17, 15) is 13.6 Å². The molecule has 2 aliphatic heterocycles. The molecule has 1 saturated carbocycles. The van der Waals surface area contributed by atoms with Crippen molar-refractivity contribution in [3.05, 3.63) is 48.2 Å². The number of rotatable bonds is 4. The number of pyridine rings is 1. The molecule has 2 saturated heterocycles. The summed E-state index contributed by atoms with van der Waals surface area (Å²) in [7, 11) is 0. The number of alkyl halides is 2. The molecule has 1 aromatic carbocycles. The first kappa shape index (κ1) is 21.5. The molecule has 3 aliphatic rings. The van der Waals surface area contributed by atoms with Crippen LogP contribution in [-0.4, -0.2) is 66.0 Å². The Morgan fingerprint density at radius 2 is 1.79 bits per heavy atom. The molecule has 34 heavy (non-hydrogen) atoms. The number of carbonyl (C=O) groups excluding carboxylic acids is 1. The summed E-state index contributed by atoms with van der Waals surface area (Å²) in [6.45, 7) is 3.45. The maximum Gasteiger partial charge on any atom is 0.267 e. The van der Waals surface area contributed by atoms with Crippen LogP contribution >= 0.6 is 0 Å². The van der Waals surface area contributed by atoms with Crippen molar-refractivity contribution in [2.45, 2.75) is 31.1 Å². The van der Waals surface area contributed by atoms with Crippen molar-refractivity contribution < 1.29 is 13.6 Å². The third-order valence-electron chi connectivity index (χ3n) is 7.47. The average Bonchev–Trinajstić information content (AvgIpc) is 3.61. The van der Waals surface area contributed by atoms with Crippen LogP contribution in [0.1, 0.15) is 30.7 Å². The van der Waals surface area contributed by atoms with Gasteiger partial charge in [0.05, 0.1) is 12.5 Å². The molecule has 6 rings (SSSR count). The largest absolute Gasteiger partial charge is 0.367 e. The van der Waals surface area contributed by atoms with Gasteiger partial charge in [0.25, 0.3) is 5.92 Å². The summed E-state index contributed by atoms with van der Waals surface area (Å²) >= 11 is 0. The number of benzene rings is 1. The van der Waals surface area contributed by atoms with Crippen molar-refractivity contribution >= 4 is 22.6 Å². The number of anilines is 1. The van der Waals surface area contributed by atoms with Crippen LogP contribution in [0, 0.1) is 5.92 Å². The Hall–Kier alpha value is -3.00. The number of nitrogens with one attached hydrogen (secondary N) is 2. The first-order valence-corrected chi connectivity index (χ1v) is 12.2. The second kappa shape index (κ2) is 8.34. The molecule has 1 atom stereocenters. The number of hydrogen-bond acceptors (Lipinski definition) is 4. The zero-order valence-electron chi connectivity index (χ0n) is 19.1. The highest BCUT2D eigenvalue weighted by Crippen LogP contribution is 2.39. The summed E-state index contributed by atoms with van der Waals surface area (Å²) in [5, 5.41) is 3.82. The number of aromatic amines is 1. The van der Waals surface area contributed by atoms with E-state index in [2.05, 4.69) is 26.3 Å². The Morgan fingerprint density at radius 3 is 2.50 bits per heavy atom. The van der Waals surface area contributed by atoms with E-state index >= 15 is 0 Å². The van der Waals surface area contributed by atoms with Gasteiger partial charge < -0.3 is 20.1 Å². The molecule has 178 valence electrons. The summed E-state index contributed by atoms with van der Waals surface area (Å²) in [5.74, 6) is -2.90. The number of nitrogens with zero attached hydrogens (tertiary/aromatic N) is 3. The second-order valence-corrected chi connectivity index (χ2v) is 9.76. The first-order chi connectivity index (χ1) is 16.5. The van der Waals surface area contributed by atoms with Crippen LogP contribution in [0.15, 0.2) is 42.6 Å². The summed E-state index contributed by atoms with van der Waals surface area (Å²) in [4.78, 5) is 24.6. The lowest BCUT2D eigenvalue weighted by atomic mass is 9.86. The molecule has 4 heterocycles. The smallest absolute Gasteiger partial charge is 0.267 e. The van der Waals surface area contributed by atoms with E-state index in [1.54, 1.807) is 0 Å². The van der Waals surface area contributed by atoms with Crippen molar-refractivity contribution in [3.63, 3.8) is 0 Å². The Morgan fingerprint density at radius 1 is 1.03 bits per heavy atom. The van der Waals surface area contributed by atoms with Gasteiger partial charge in [-0.2, -0.15) is 0 Å². The van der Waals surface area contributed by atoms with Crippen molar-refractivity contribution in [2.75, 3.05) is 44.2 Å². The molecule has 3 fully saturated rings. The number of aromatic nitrogens is 2. The molecule has 1 aliphatic carbocycles. The van der Waals surface area contributed by atoms with Crippen molar-refractivity contribution in [1.82, 2.24) is 20.2 Å². The number of hydrogen-bond donors (Lipinski definition) is 2. The van der Waals surface area contributed by atoms with E-state index < -0.39 is 11.8 Å². The van der Waals surface area contributed by atoms with Gasteiger partial charge in [-0.05, 0) is 49.1 Å². The van der Waals surface area contributed by atoms with Gasteiger partial charge in [0.2, 0.25) is 5.91 Å². The van der Waals surface area contributed by atoms with Gasteiger partial charge in [-0.1, -0.05) is 24.3 Å². The number of carbonyl (C=O) groups is 1. The highest BCUT2D eigenvalue weighted by Gasteiger charge is 2.42. The van der Waals surface area contributed by atoms with Crippen molar-refractivity contribution in [3.8, 4) is 11.3 Å². The van der Waals surface area contributed by atoms with E-state index in [1.165, 1.54) is 0 Å². The van der Waals surface area contributed by atoms with Crippen LogP contribution in [-0.2, 0) is 4.79 Å². The lowest BCUT2D eigenvalue weighted by Gasteiger charge is -2.36. The minimum absolute atomic E-state index is 0.263. The molecule has 0 radical (unpaired) electrons. The van der Waals surface area contributed by atoms with E-state index in [1.807, 2.05) is 41.4 Å². The van der Waals surface area contributed by atoms with E-state index in [4.69, 9.17) is 0 Å². The number of piperidine rings is 1. The Labute approximate surface area is 197 Å². The molecule has 0 spiro atoms. The summed E-state index contributed by atoms with van der Waals surface area (Å²) in [5.41, 5.74) is 4.46. The van der Waals surface area contributed by atoms with E-state index in [0.29, 0.717) is 24.4 Å². The standard InChI is InChI=1S/C26H29F2N5O/c27-26(28)16-29-9-7-21(26)17-1-3-18(4-2-17)22-15-20-23(8-10-30-24(20)31-22)32-11-13-33(14-12-32)25(34)19-5-6-19/h1-4,8,10,15,19,21,29H,5-7,9,11-14,16H2,(H,30,31). The van der Waals surface area contributed by atoms with Crippen LogP contribution in [0.25, 0.3) is 22.3 Å². The van der Waals surface area contributed by atoms with Gasteiger partial charge in [0, 0.05) is 55.1 Å². The molecule has 0 bridgehead atoms. The van der Waals surface area contributed by atoms with Gasteiger partial charge >= 0.3 is 0 Å². The molecule has 2 N–H and O–H groups in total. The van der Waals surface area contributed by atoms with Crippen LogP contribution in [0.3, 0.4) is 0 Å². The second-order valence-electron chi connectivity index (χ2n) is 9.76. The number of halogens is 2. The van der Waals surface area contributed by atoms with E-state index in [-0.39, 0.29) is 12.5 Å². The van der Waals surface area contributed by atoms with Crippen molar-refractivity contribution in [2.24, 2.45) is 5.92 Å². The Kier molecular flexibility index (Phi) is 5.28. The molecule has 8 heteroatoms. The fraction of sp³-hybridized carbons (Fsp3) is 0.462. The quantitative estimate of drug-likeness (QED) is 0.612. The minimum Gasteiger partial charge on any atom is -0.367 e. The molecular weight excluding hydrogens is 436 g/mol. The van der Waals surface area contributed by atoms with Crippen LogP contribution < -0.4 is 10.2 Å². The predicted octanol–water partition coefficient (Wildman–Crippen LogP) is 4.00. The fourth-order valence-corrected chi connectivity index (χ4v) is 5.34. The highest BCUT2D eigenvalue weighted by atomic mass is 19.3. The fourth-order valence-electron chi connectivity index (χ4n) is 5.34. The third-order valence-corrected chi connectivity index (χ3v) is 7.47. The van der Waals surface area contributed by atoms with E-state index in [0.717, 1.165) is 67.0 Å². The Bertz CT molecular complexity index is 1200. The summed E-state index contributed by atoms with van der Waals surface area (Å²) in [6, 6.07) is 11.6. The SMILES string of the molecule is O=C(C1CC1)N1CCN(c2ccnc3[nH]c(-c4ccc(C5CCNCC5(F)F)cc4)cc23)CC1. The van der Waals surface area contributed by atoms with Crippen LogP contribution in [0.2, 0.25) is 0 Å². The molecule has 1 amide bonds. The number of piperazine rings is 1. The van der Waals surface area contributed by atoms with Gasteiger partial charge in [0.1, 0.15) is 5.65 Å². The van der Waals surface area contributed by atoms with Crippen molar-refractivity contribution in [1.29, 1.82) is 0 Å². The molecular formula is C26H29F2N5O. The maximum atomic E-state index is 14.3. The molecule has 1 unspecified atom stereocenters. The maximum absolute atomic E-state index is 14.3. The van der Waals surface area contributed by atoms with Crippen LogP contribution in [0.4, 0.5) is 14.5 Å². The summed E-state index contributed by atoms with van der Waals surface area (Å²) < 4.78 is 28.7. The normalized spacial score (nSPS) is 22.8. The van der Waals surface area contributed by atoms with Gasteiger partial charge in [-0.15, -0.1) is 0 Å². The topological polar surface area (TPSA) is 64.3 Å². The zero-order chi connectivity index (χ0) is 23.3. The lowest BCUT2D eigenvalue weighted by molar-refractivity contribution is -0.132. The molecule has 2 aromatic heterocycles. The highest BCUT2D eigenvalue weighted by molar-refractivity contribution is 5.94. The van der Waals surface area contributed by atoms with Gasteiger partial charge in [-0.25, -0.2) is 13.8 Å². The van der Waals surface area contributed by atoms with Gasteiger partial charge in [-0.3, -0.25) is 4.79 Å². The number of amides is 1. The zero-order valence-corrected chi connectivity index (χ0v) is 19.1. The predicted molar refractivity (Wildman–Crippen MR) is 128 cm³/mol. The molecule has 6 nitrogen and oxygen atoms in total. The molecule has 3 aromatic rings. The van der Waals surface area contributed by atoms with Gasteiger partial charge in [0.15, 0.2) is 0 Å². The number of fused-ring (bicyclic) bond motifs is 1. The average molecular weight is 466 g/mol. The van der Waals surface area contributed by atoms with Crippen LogP contribution in [0.5, 0.6) is 0 Å². The first-order valence-electron chi connectivity index (χ1n) is 12.2. The number of H-pyrrole nitrogens is 1.